The Labute approximate surface area is 402 Å². The summed E-state index contributed by atoms with van der Waals surface area (Å²) in [6.07, 6.45) is 0. The van der Waals surface area contributed by atoms with Crippen molar-refractivity contribution >= 4 is 49.8 Å². The molecule has 1 unspecified atom stereocenters. The minimum atomic E-state index is -0.462. The summed E-state index contributed by atoms with van der Waals surface area (Å²) < 4.78 is 7.18. The van der Waals surface area contributed by atoms with Crippen LogP contribution in [0.4, 0.5) is 17.1 Å². The Hall–Kier alpha value is -8.72. The summed E-state index contributed by atoms with van der Waals surface area (Å²) in [6.45, 7) is 2.38. The number of nitrogens with zero attached hydrogens (tertiary/aromatic N) is 1. The van der Waals surface area contributed by atoms with Gasteiger partial charge in [-0.2, -0.15) is 0 Å². The van der Waals surface area contributed by atoms with Crippen LogP contribution in [-0.4, -0.2) is 0 Å². The maximum atomic E-state index is 7.18. The lowest BCUT2D eigenvalue weighted by Crippen LogP contribution is -2.28. The number of para-hydroxylation sites is 1. The third kappa shape index (κ3) is 5.61. The molecule has 324 valence electrons. The van der Waals surface area contributed by atoms with Crippen LogP contribution in [0, 0.1) is 0 Å². The lowest BCUT2D eigenvalue weighted by molar-refractivity contribution is 0.667. The fraction of sp³-hybridized carbons (Fsp3) is 0.0448. The van der Waals surface area contributed by atoms with Crippen LogP contribution in [0.15, 0.2) is 259 Å². The molecule has 2 aliphatic carbocycles. The fourth-order valence-electron chi connectivity index (χ4n) is 12.4. The zero-order chi connectivity index (χ0) is 45.7. The highest BCUT2D eigenvalue weighted by Gasteiger charge is 2.46. The summed E-state index contributed by atoms with van der Waals surface area (Å²) in [5.74, 6) is 0. The first-order valence-electron chi connectivity index (χ1n) is 24.0. The summed E-state index contributed by atoms with van der Waals surface area (Å²) in [5, 5.41) is 4.67. The molecule has 11 aromatic carbocycles. The Kier molecular flexibility index (Phi) is 8.66. The fourth-order valence-corrected chi connectivity index (χ4v) is 12.4. The number of hydrogen-bond acceptors (Lipinski definition) is 2. The topological polar surface area (TPSA) is 16.4 Å². The van der Waals surface area contributed by atoms with Crippen LogP contribution in [0.25, 0.3) is 66.1 Å². The number of fused-ring (bicyclic) bond motifs is 12. The van der Waals surface area contributed by atoms with Crippen LogP contribution in [0.3, 0.4) is 0 Å². The monoisotopic (exact) mass is 879 g/mol. The quantitative estimate of drug-likeness (QED) is 0.159. The van der Waals surface area contributed by atoms with Gasteiger partial charge in [-0.15, -0.1) is 0 Å². The van der Waals surface area contributed by atoms with E-state index in [1.165, 1.54) is 77.5 Å². The molecule has 2 aliphatic rings. The number of benzene rings is 11. The van der Waals surface area contributed by atoms with Gasteiger partial charge in [0.2, 0.25) is 0 Å². The van der Waals surface area contributed by atoms with E-state index in [0.29, 0.717) is 0 Å². The van der Waals surface area contributed by atoms with Gasteiger partial charge in [-0.25, -0.2) is 0 Å². The minimum Gasteiger partial charge on any atom is -0.455 e. The number of furan rings is 1. The second-order valence-corrected chi connectivity index (χ2v) is 18.8. The predicted octanol–water partition coefficient (Wildman–Crippen LogP) is 17.6. The zero-order valence-electron chi connectivity index (χ0n) is 38.1. The third-order valence-corrected chi connectivity index (χ3v) is 15.4. The molecule has 1 atom stereocenters. The Bertz CT molecular complexity index is 3920. The van der Waals surface area contributed by atoms with Gasteiger partial charge in [0.05, 0.1) is 16.5 Å². The molecule has 0 aliphatic heterocycles. The second-order valence-electron chi connectivity index (χ2n) is 18.8. The number of rotatable bonds is 7. The molecular weight excluding hydrogens is 835 g/mol. The molecule has 0 radical (unpaired) electrons. The zero-order valence-corrected chi connectivity index (χ0v) is 38.1. The summed E-state index contributed by atoms with van der Waals surface area (Å²) >= 11 is 0. The molecule has 12 aromatic rings. The molecular formula is C67H45NO. The van der Waals surface area contributed by atoms with Gasteiger partial charge in [0.15, 0.2) is 0 Å². The highest BCUT2D eigenvalue weighted by Crippen LogP contribution is 2.59. The summed E-state index contributed by atoms with van der Waals surface area (Å²) in [6, 6.07) is 93.5. The highest BCUT2D eigenvalue weighted by molar-refractivity contribution is 6.19. The van der Waals surface area contributed by atoms with Gasteiger partial charge in [-0.1, -0.05) is 212 Å². The molecule has 1 heterocycles. The summed E-state index contributed by atoms with van der Waals surface area (Å²) in [4.78, 5) is 2.39. The third-order valence-electron chi connectivity index (χ3n) is 15.4. The second kappa shape index (κ2) is 15.2. The molecule has 0 saturated carbocycles. The molecule has 69 heavy (non-hydrogen) atoms. The van der Waals surface area contributed by atoms with Crippen molar-refractivity contribution in [2.75, 3.05) is 4.90 Å². The Morgan fingerprint density at radius 2 is 0.957 bits per heavy atom. The first-order chi connectivity index (χ1) is 34.1. The van der Waals surface area contributed by atoms with Gasteiger partial charge in [-0.05, 0) is 127 Å². The number of hydrogen-bond donors (Lipinski definition) is 0. The molecule has 2 heteroatoms. The standard InChI is InChI=1S/C67H45NO/c1-66(47-21-5-2-6-22-47)58-41-37-45-19-11-12-28-52(45)62(58)64-59(66)42-40-55-63-60(33-18-34-61(63)69-65(55)64)68(50-26-9-4-10-27-50)51-38-35-44(36-39-51)46-20-17-25-49(43-46)67(48-23-7-3-8-24-48)56-31-15-13-29-53(56)54-30-14-16-32-57(54)67/h2-43H,1H3. The molecule has 0 bridgehead atoms. The SMILES string of the molecule is CC1(c2ccccc2)c2ccc3ccccc3c2-c2c1ccc1c2oc2cccc(N(c3ccccc3)c3ccc(-c4cccc(C5(c6ccccc6)c6ccccc6-c6ccccc65)c4)cc3)c21. The van der Waals surface area contributed by atoms with Gasteiger partial charge < -0.3 is 9.32 Å². The largest absolute Gasteiger partial charge is 0.455 e. The van der Waals surface area contributed by atoms with Crippen molar-refractivity contribution in [3.63, 3.8) is 0 Å². The maximum Gasteiger partial charge on any atom is 0.143 e. The van der Waals surface area contributed by atoms with Crippen LogP contribution < -0.4 is 4.90 Å². The highest BCUT2D eigenvalue weighted by atomic mass is 16.3. The normalized spacial score (nSPS) is 15.2. The average molecular weight is 880 g/mol. The molecule has 0 spiro atoms. The summed E-state index contributed by atoms with van der Waals surface area (Å²) in [7, 11) is 0. The van der Waals surface area contributed by atoms with Crippen molar-refractivity contribution < 1.29 is 4.42 Å². The van der Waals surface area contributed by atoms with E-state index < -0.39 is 5.41 Å². The van der Waals surface area contributed by atoms with Gasteiger partial charge in [0, 0.05) is 27.7 Å². The van der Waals surface area contributed by atoms with Gasteiger partial charge in [0.1, 0.15) is 11.2 Å². The summed E-state index contributed by atoms with van der Waals surface area (Å²) in [5.41, 5.74) is 20.5. The maximum absolute atomic E-state index is 7.18. The van der Waals surface area contributed by atoms with Gasteiger partial charge in [0.25, 0.3) is 0 Å². The van der Waals surface area contributed by atoms with Crippen LogP contribution in [0.5, 0.6) is 0 Å². The Balaban J connectivity index is 0.926. The van der Waals surface area contributed by atoms with Crippen molar-refractivity contribution in [2.24, 2.45) is 0 Å². The molecule has 2 nitrogen and oxygen atoms in total. The van der Waals surface area contributed by atoms with E-state index in [4.69, 9.17) is 4.42 Å². The van der Waals surface area contributed by atoms with Crippen LogP contribution >= 0.6 is 0 Å². The molecule has 0 amide bonds. The van der Waals surface area contributed by atoms with Crippen molar-refractivity contribution in [1.29, 1.82) is 0 Å². The molecule has 0 fully saturated rings. The van der Waals surface area contributed by atoms with Crippen molar-refractivity contribution in [3.05, 3.63) is 294 Å². The van der Waals surface area contributed by atoms with Crippen LogP contribution in [0.2, 0.25) is 0 Å². The van der Waals surface area contributed by atoms with Crippen molar-refractivity contribution in [1.82, 2.24) is 0 Å². The van der Waals surface area contributed by atoms with E-state index in [0.717, 1.165) is 44.6 Å². The van der Waals surface area contributed by atoms with Crippen LogP contribution in [-0.2, 0) is 10.8 Å². The van der Waals surface area contributed by atoms with E-state index in [2.05, 4.69) is 267 Å². The van der Waals surface area contributed by atoms with E-state index in [1.807, 2.05) is 0 Å². The molecule has 0 saturated heterocycles. The smallest absolute Gasteiger partial charge is 0.143 e. The molecule has 1 aromatic heterocycles. The lowest BCUT2D eigenvalue weighted by Gasteiger charge is -2.34. The van der Waals surface area contributed by atoms with E-state index in [1.54, 1.807) is 0 Å². The van der Waals surface area contributed by atoms with E-state index in [9.17, 15) is 0 Å². The van der Waals surface area contributed by atoms with Crippen molar-refractivity contribution in [2.45, 2.75) is 17.8 Å². The molecule has 14 rings (SSSR count). The first-order valence-corrected chi connectivity index (χ1v) is 24.0. The first kappa shape index (κ1) is 39.4. The van der Waals surface area contributed by atoms with Gasteiger partial charge in [-0.3, -0.25) is 0 Å². The Morgan fingerprint density at radius 1 is 0.377 bits per heavy atom. The predicted molar refractivity (Wildman–Crippen MR) is 286 cm³/mol. The van der Waals surface area contributed by atoms with Crippen LogP contribution in [0.1, 0.15) is 45.9 Å². The number of anilines is 3. The lowest BCUT2D eigenvalue weighted by atomic mass is 9.67. The molecule has 0 N–H and O–H groups in total. The Morgan fingerprint density at radius 3 is 1.70 bits per heavy atom. The van der Waals surface area contributed by atoms with Gasteiger partial charge >= 0.3 is 0 Å². The minimum absolute atomic E-state index is 0.364. The van der Waals surface area contributed by atoms with E-state index in [-0.39, 0.29) is 5.41 Å². The van der Waals surface area contributed by atoms with Crippen molar-refractivity contribution in [3.8, 4) is 33.4 Å². The van der Waals surface area contributed by atoms with E-state index >= 15 is 0 Å². The average Bonchev–Trinajstić information content (AvgIpc) is 4.05.